The first-order valence-corrected chi connectivity index (χ1v) is 6.44. The minimum absolute atomic E-state index is 0.00576. The van der Waals surface area contributed by atoms with Crippen LogP contribution in [0.25, 0.3) is 0 Å². The van der Waals surface area contributed by atoms with Crippen LogP contribution in [0.4, 0.5) is 18.9 Å². The lowest BCUT2D eigenvalue weighted by Gasteiger charge is -2.11. The highest BCUT2D eigenvalue weighted by molar-refractivity contribution is 7.07. The Morgan fingerprint density at radius 2 is 2.15 bits per heavy atom. The molecule has 1 heterocycles. The Morgan fingerprint density at radius 3 is 2.75 bits per heavy atom. The van der Waals surface area contributed by atoms with E-state index in [2.05, 4.69) is 10.3 Å². The minimum Gasteiger partial charge on any atom is -0.398 e. The van der Waals surface area contributed by atoms with E-state index in [9.17, 15) is 18.0 Å². The molecule has 0 fully saturated rings. The van der Waals surface area contributed by atoms with Gasteiger partial charge in [0.05, 0.1) is 28.9 Å². The van der Waals surface area contributed by atoms with Crippen LogP contribution >= 0.6 is 11.3 Å². The lowest BCUT2D eigenvalue weighted by molar-refractivity contribution is -0.137. The molecule has 20 heavy (non-hydrogen) atoms. The van der Waals surface area contributed by atoms with Crippen molar-refractivity contribution in [1.29, 1.82) is 0 Å². The first-order valence-electron chi connectivity index (χ1n) is 5.50. The molecular weight excluding hydrogens is 291 g/mol. The monoisotopic (exact) mass is 301 g/mol. The second kappa shape index (κ2) is 5.49. The van der Waals surface area contributed by atoms with Gasteiger partial charge in [-0.15, -0.1) is 11.3 Å². The third kappa shape index (κ3) is 3.27. The molecule has 0 bridgehead atoms. The number of aromatic nitrogens is 1. The smallest absolute Gasteiger partial charge is 0.398 e. The molecule has 0 aliphatic carbocycles. The number of nitrogen functional groups attached to an aromatic ring is 1. The van der Waals surface area contributed by atoms with Crippen molar-refractivity contribution in [2.75, 3.05) is 5.73 Å². The summed E-state index contributed by atoms with van der Waals surface area (Å²) < 4.78 is 37.8. The van der Waals surface area contributed by atoms with Gasteiger partial charge in [0.15, 0.2) is 0 Å². The molecule has 0 spiro atoms. The third-order valence-electron chi connectivity index (χ3n) is 2.54. The van der Waals surface area contributed by atoms with Crippen molar-refractivity contribution < 1.29 is 18.0 Å². The average Bonchev–Trinajstić information content (AvgIpc) is 2.88. The van der Waals surface area contributed by atoms with Crippen molar-refractivity contribution in [2.24, 2.45) is 0 Å². The molecule has 2 aromatic rings. The molecule has 1 aromatic carbocycles. The van der Waals surface area contributed by atoms with Crippen LogP contribution in [0.3, 0.4) is 0 Å². The van der Waals surface area contributed by atoms with E-state index in [4.69, 9.17) is 5.73 Å². The van der Waals surface area contributed by atoms with Crippen LogP contribution < -0.4 is 11.1 Å². The van der Waals surface area contributed by atoms with Crippen LogP contribution in [-0.2, 0) is 12.7 Å². The van der Waals surface area contributed by atoms with Gasteiger partial charge in [0.25, 0.3) is 5.91 Å². The highest BCUT2D eigenvalue weighted by atomic mass is 32.1. The highest BCUT2D eigenvalue weighted by Crippen LogP contribution is 2.31. The van der Waals surface area contributed by atoms with Crippen molar-refractivity contribution in [2.45, 2.75) is 12.7 Å². The quantitative estimate of drug-likeness (QED) is 0.856. The maximum absolute atomic E-state index is 12.6. The van der Waals surface area contributed by atoms with Gasteiger partial charge in [0, 0.05) is 11.1 Å². The number of hydrogen-bond acceptors (Lipinski definition) is 4. The molecule has 0 saturated heterocycles. The van der Waals surface area contributed by atoms with Gasteiger partial charge < -0.3 is 11.1 Å². The molecule has 0 aliphatic rings. The van der Waals surface area contributed by atoms with E-state index < -0.39 is 17.6 Å². The van der Waals surface area contributed by atoms with Gasteiger partial charge in [-0.3, -0.25) is 4.79 Å². The first kappa shape index (κ1) is 14.3. The summed E-state index contributed by atoms with van der Waals surface area (Å²) >= 11 is 1.36. The van der Waals surface area contributed by atoms with E-state index in [1.807, 2.05) is 0 Å². The Hall–Kier alpha value is -2.09. The first-order chi connectivity index (χ1) is 9.38. The molecule has 1 amide bonds. The van der Waals surface area contributed by atoms with E-state index >= 15 is 0 Å². The Kier molecular flexibility index (Phi) is 3.93. The number of rotatable bonds is 3. The Balaban J connectivity index is 2.16. The predicted octanol–water partition coefficient (Wildman–Crippen LogP) is 2.67. The second-order valence-corrected chi connectivity index (χ2v) is 4.68. The van der Waals surface area contributed by atoms with Crippen LogP contribution in [0.5, 0.6) is 0 Å². The number of thiazole rings is 1. The molecule has 0 saturated carbocycles. The van der Waals surface area contributed by atoms with E-state index in [1.165, 1.54) is 11.3 Å². The number of carbonyl (C=O) groups excluding carboxylic acids is 1. The number of hydrogen-bond donors (Lipinski definition) is 2. The maximum Gasteiger partial charge on any atom is 0.416 e. The number of carbonyl (C=O) groups is 1. The SMILES string of the molecule is Nc1ccc(C(F)(F)F)cc1C(=O)NCc1cscn1. The zero-order chi connectivity index (χ0) is 14.8. The van der Waals surface area contributed by atoms with Gasteiger partial charge in [0.2, 0.25) is 0 Å². The van der Waals surface area contributed by atoms with Gasteiger partial charge in [-0.1, -0.05) is 0 Å². The summed E-state index contributed by atoms with van der Waals surface area (Å²) in [7, 11) is 0. The number of nitrogens with zero attached hydrogens (tertiary/aromatic N) is 1. The number of nitrogens with two attached hydrogens (primary N) is 1. The minimum atomic E-state index is -4.52. The van der Waals surface area contributed by atoms with Crippen LogP contribution in [0.1, 0.15) is 21.6 Å². The molecule has 0 unspecified atom stereocenters. The lowest BCUT2D eigenvalue weighted by Crippen LogP contribution is -2.24. The third-order valence-corrected chi connectivity index (χ3v) is 3.17. The van der Waals surface area contributed by atoms with E-state index in [0.29, 0.717) is 5.69 Å². The summed E-state index contributed by atoms with van der Waals surface area (Å²) in [6.07, 6.45) is -4.52. The number of halogens is 3. The maximum atomic E-state index is 12.6. The van der Waals surface area contributed by atoms with Gasteiger partial charge >= 0.3 is 6.18 Å². The molecule has 1 aromatic heterocycles. The van der Waals surface area contributed by atoms with E-state index in [-0.39, 0.29) is 17.8 Å². The van der Waals surface area contributed by atoms with Gasteiger partial charge in [-0.05, 0) is 18.2 Å². The Labute approximate surface area is 116 Å². The average molecular weight is 301 g/mol. The summed E-state index contributed by atoms with van der Waals surface area (Å²) in [5.41, 5.74) is 6.66. The summed E-state index contributed by atoms with van der Waals surface area (Å²) in [5.74, 6) is -0.665. The second-order valence-electron chi connectivity index (χ2n) is 3.96. The molecule has 8 heteroatoms. The van der Waals surface area contributed by atoms with Crippen molar-refractivity contribution in [3.8, 4) is 0 Å². The number of nitrogens with one attached hydrogen (secondary N) is 1. The predicted molar refractivity (Wildman–Crippen MR) is 69.1 cm³/mol. The van der Waals surface area contributed by atoms with Crippen molar-refractivity contribution in [3.63, 3.8) is 0 Å². The molecule has 106 valence electrons. The van der Waals surface area contributed by atoms with Crippen LogP contribution in [0.2, 0.25) is 0 Å². The fourth-order valence-electron chi connectivity index (χ4n) is 1.52. The fourth-order valence-corrected chi connectivity index (χ4v) is 2.08. The number of alkyl halides is 3. The molecule has 0 aliphatic heterocycles. The van der Waals surface area contributed by atoms with Crippen LogP contribution in [0, 0.1) is 0 Å². The number of amides is 1. The molecule has 4 nitrogen and oxygen atoms in total. The lowest BCUT2D eigenvalue weighted by atomic mass is 10.1. The number of anilines is 1. The normalized spacial score (nSPS) is 11.3. The highest BCUT2D eigenvalue weighted by Gasteiger charge is 2.31. The molecule has 3 N–H and O–H groups in total. The van der Waals surface area contributed by atoms with Gasteiger partial charge in [0.1, 0.15) is 0 Å². The zero-order valence-corrected chi connectivity index (χ0v) is 10.9. The standard InChI is InChI=1S/C12H10F3N3OS/c13-12(14,15)7-1-2-10(16)9(3-7)11(19)17-4-8-5-20-6-18-8/h1-3,5-6H,4,16H2,(H,17,19). The van der Waals surface area contributed by atoms with E-state index in [1.54, 1.807) is 10.9 Å². The van der Waals surface area contributed by atoms with Crippen LogP contribution in [0.15, 0.2) is 29.1 Å². The van der Waals surface area contributed by atoms with Crippen molar-refractivity contribution >= 4 is 22.9 Å². The summed E-state index contributed by atoms with van der Waals surface area (Å²) in [5, 5.41) is 4.21. The Morgan fingerprint density at radius 1 is 1.40 bits per heavy atom. The zero-order valence-electron chi connectivity index (χ0n) is 10.1. The summed E-state index contributed by atoms with van der Waals surface area (Å²) in [6.45, 7) is 0.137. The fraction of sp³-hybridized carbons (Fsp3) is 0.167. The van der Waals surface area contributed by atoms with Crippen molar-refractivity contribution in [1.82, 2.24) is 10.3 Å². The molecule has 0 radical (unpaired) electrons. The molecular formula is C12H10F3N3OS. The largest absolute Gasteiger partial charge is 0.416 e. The summed E-state index contributed by atoms with van der Waals surface area (Å²) in [6, 6.07) is 2.65. The molecule has 2 rings (SSSR count). The van der Waals surface area contributed by atoms with Crippen LogP contribution in [-0.4, -0.2) is 10.9 Å². The summed E-state index contributed by atoms with van der Waals surface area (Å²) in [4.78, 5) is 15.8. The number of benzene rings is 1. The topological polar surface area (TPSA) is 68.0 Å². The van der Waals surface area contributed by atoms with Crippen molar-refractivity contribution in [3.05, 3.63) is 45.9 Å². The Bertz CT molecular complexity index is 611. The van der Waals surface area contributed by atoms with Gasteiger partial charge in [-0.2, -0.15) is 13.2 Å². The molecule has 0 atom stereocenters. The van der Waals surface area contributed by atoms with E-state index in [0.717, 1.165) is 18.2 Å². The van der Waals surface area contributed by atoms with Gasteiger partial charge in [-0.25, -0.2) is 4.98 Å².